The number of aromatic nitrogens is 3. The zero-order valence-corrected chi connectivity index (χ0v) is 79.7. The fraction of sp³-hybridized carbons (Fsp3) is 0.262. The Morgan fingerprint density at radius 2 is 0.523 bits per heavy atom. The fourth-order valence-corrected chi connectivity index (χ4v) is 20.6. The molecule has 0 saturated carbocycles. The van der Waals surface area contributed by atoms with E-state index in [9.17, 15) is 0 Å². The largest absolute Gasteiger partial charge is 0.310 e. The second kappa shape index (κ2) is 29.5. The van der Waals surface area contributed by atoms with E-state index in [2.05, 4.69) is 493 Å². The Morgan fingerprint density at radius 3 is 0.930 bits per heavy atom. The summed E-state index contributed by atoms with van der Waals surface area (Å²) in [7, 11) is 0. The van der Waals surface area contributed by atoms with Gasteiger partial charge in [-0.1, -0.05) is 354 Å². The summed E-state index contributed by atoms with van der Waals surface area (Å²) in [5, 5.41) is 7.37. The van der Waals surface area contributed by atoms with Gasteiger partial charge in [-0.2, -0.15) is 0 Å². The summed E-state index contributed by atoms with van der Waals surface area (Å²) in [6.07, 6.45) is 0. The molecule has 0 aliphatic carbocycles. The molecule has 0 unspecified atom stereocenters. The van der Waals surface area contributed by atoms with Crippen LogP contribution in [0.5, 0.6) is 0 Å². The number of rotatable bonds is 9. The number of hydrogen-bond donors (Lipinski definition) is 0. The van der Waals surface area contributed by atoms with Crippen LogP contribution in [0.3, 0.4) is 0 Å². The lowest BCUT2D eigenvalue weighted by Crippen LogP contribution is -2.61. The topological polar surface area (TPSA) is 21.3 Å². The van der Waals surface area contributed by atoms with E-state index in [4.69, 9.17) is 0 Å². The van der Waals surface area contributed by atoms with Gasteiger partial charge in [0.2, 0.25) is 0 Å². The van der Waals surface area contributed by atoms with Gasteiger partial charge in [-0.3, -0.25) is 0 Å². The maximum atomic E-state index is 2.81. The number of para-hydroxylation sites is 3. The van der Waals surface area contributed by atoms with Crippen molar-refractivity contribution in [3.63, 3.8) is 0 Å². The highest BCUT2D eigenvalue weighted by atomic mass is 15.2. The van der Waals surface area contributed by atoms with Gasteiger partial charge in [-0.05, 0) is 242 Å². The van der Waals surface area contributed by atoms with Crippen LogP contribution in [0.1, 0.15) is 211 Å². The molecule has 0 fully saturated rings. The van der Waals surface area contributed by atoms with E-state index in [0.29, 0.717) is 0 Å². The first-order chi connectivity index (χ1) is 60.6. The first kappa shape index (κ1) is 83.6. The van der Waals surface area contributed by atoms with Crippen molar-refractivity contribution in [2.24, 2.45) is 0 Å². The minimum atomic E-state index is -0.395. The van der Waals surface area contributed by atoms with Gasteiger partial charge in [0.1, 0.15) is 0 Å². The summed E-state index contributed by atoms with van der Waals surface area (Å²) in [4.78, 5) is 5.60. The quantitative estimate of drug-likeness (QED) is 0.134. The maximum Gasteiger partial charge on any atom is 0.252 e. The van der Waals surface area contributed by atoms with E-state index in [1.807, 2.05) is 0 Å². The van der Waals surface area contributed by atoms with Crippen LogP contribution >= 0.6 is 0 Å². The second-order valence-corrected chi connectivity index (χ2v) is 45.2. The molecular formula is C122H122BN5. The Balaban J connectivity index is 0.987. The van der Waals surface area contributed by atoms with E-state index < -0.39 is 5.41 Å². The van der Waals surface area contributed by atoms with Gasteiger partial charge in [0, 0.05) is 94.4 Å². The van der Waals surface area contributed by atoms with Gasteiger partial charge in [-0.25, -0.2) is 0 Å². The molecule has 0 saturated heterocycles. The van der Waals surface area contributed by atoms with Crippen LogP contribution in [0.2, 0.25) is 0 Å². The molecule has 0 spiro atoms. The summed E-state index contributed by atoms with van der Waals surface area (Å²) >= 11 is 0. The normalized spacial score (nSPS) is 13.6. The molecule has 20 rings (SSSR count). The summed E-state index contributed by atoms with van der Waals surface area (Å²) in [5.74, 6) is 0. The van der Waals surface area contributed by atoms with Crippen LogP contribution in [0.4, 0.5) is 34.1 Å². The lowest BCUT2D eigenvalue weighted by Gasteiger charge is -2.47. The SMILES string of the molecule is CC(C)(C)c1ccc(-c2cc(C(C)(C)C)cc(-c3ccccc3)c2N2c3cc(-n4c5ccc(C(C)(C)C)cc5c5cc(C(C)(C)C)ccc54)ccc3B3c4ccc(-n5c6ccccc6c6ccc7c(c8ccccc8n7-c7ccccc7)c65)cc4N(c4c(-c5ccc(C(C)(C)C)cc5)cc(C(C)(C)C)cc4-c4ccc(C(C)(C)C)cc4)c4cc(C(C)(C)C)cc2c43)cc1. The lowest BCUT2D eigenvalue weighted by atomic mass is 9.33. The molecule has 0 atom stereocenters. The standard InChI is InChI=1S/C122H122BN5/c1-115(2,3)79-49-43-76(44-50-79)94-68-84(120(16,17)18)67-93(75-35-27-25-28-36-75)112(94)127-106-73-88(125-103-62-55-82(118(10,11)12)65-97(103)98-66-83(119(13,14)15)56-63-104(98)125)57-60-99(106)123-100-61-58-89(126-101-41-33-31-39-90(101)91-59-64-105-110(114(91)126)92-40-32-34-42-102(92)124(105)87-37-29-26-30-38-87)74-107(100)128(109-72-86(122(22,23)24)71-108(127)111(109)123)113-95(77-45-51-80(52-46-77)116(4,5)6)69-85(121(19,20)21)70-96(113)78-47-53-81(54-48-78)117(7,8)9/h25-74H,1-24H3. The Labute approximate surface area is 759 Å². The molecule has 128 heavy (non-hydrogen) atoms. The molecule has 18 aromatic rings. The zero-order chi connectivity index (χ0) is 89.9. The zero-order valence-electron chi connectivity index (χ0n) is 79.7. The summed E-state index contributed by atoms with van der Waals surface area (Å²) in [6, 6.07) is 120. The third kappa shape index (κ3) is 13.9. The third-order valence-corrected chi connectivity index (χ3v) is 28.1. The molecule has 0 bridgehead atoms. The Kier molecular flexibility index (Phi) is 19.2. The van der Waals surface area contributed by atoms with Crippen molar-refractivity contribution >= 4 is 123 Å². The lowest BCUT2D eigenvalue weighted by molar-refractivity contribution is 0.589. The molecule has 2 aliphatic heterocycles. The number of nitrogens with zero attached hydrogens (tertiary/aromatic N) is 5. The minimum absolute atomic E-state index is 0.0788. The minimum Gasteiger partial charge on any atom is -0.310 e. The third-order valence-electron chi connectivity index (χ3n) is 28.1. The van der Waals surface area contributed by atoms with Crippen molar-refractivity contribution in [1.82, 2.24) is 13.7 Å². The van der Waals surface area contributed by atoms with Crippen molar-refractivity contribution in [3.05, 3.63) is 348 Å². The Bertz CT molecular complexity index is 7360. The van der Waals surface area contributed by atoms with E-state index in [1.54, 1.807) is 0 Å². The van der Waals surface area contributed by atoms with Crippen molar-refractivity contribution in [3.8, 4) is 61.6 Å². The highest BCUT2D eigenvalue weighted by Gasteiger charge is 2.47. The van der Waals surface area contributed by atoms with Gasteiger partial charge in [0.15, 0.2) is 0 Å². The first-order valence-corrected chi connectivity index (χ1v) is 46.5. The van der Waals surface area contributed by atoms with Gasteiger partial charge in [0.25, 0.3) is 6.71 Å². The van der Waals surface area contributed by atoms with Gasteiger partial charge < -0.3 is 23.5 Å². The number of anilines is 6. The van der Waals surface area contributed by atoms with E-state index >= 15 is 0 Å². The predicted octanol–water partition coefficient (Wildman–Crippen LogP) is 32.1. The Morgan fingerprint density at radius 1 is 0.203 bits per heavy atom. The molecule has 5 nitrogen and oxygen atoms in total. The molecular weight excluding hydrogens is 1550 g/mol. The van der Waals surface area contributed by atoms with E-state index in [0.717, 1.165) is 78.9 Å². The first-order valence-electron chi connectivity index (χ1n) is 46.5. The smallest absolute Gasteiger partial charge is 0.252 e. The molecule has 3 aromatic heterocycles. The average Bonchev–Trinajstić information content (AvgIpc) is 0.938. The highest BCUT2D eigenvalue weighted by Crippen LogP contribution is 2.57. The monoisotopic (exact) mass is 1670 g/mol. The van der Waals surface area contributed by atoms with Crippen molar-refractivity contribution in [1.29, 1.82) is 0 Å². The average molecular weight is 1670 g/mol. The van der Waals surface area contributed by atoms with Crippen LogP contribution in [0.15, 0.2) is 303 Å². The fourth-order valence-electron chi connectivity index (χ4n) is 20.6. The summed E-state index contributed by atoms with van der Waals surface area (Å²) < 4.78 is 7.70. The van der Waals surface area contributed by atoms with Crippen molar-refractivity contribution in [2.45, 2.75) is 209 Å². The number of benzene rings is 15. The Hall–Kier alpha value is -12.6. The highest BCUT2D eigenvalue weighted by molar-refractivity contribution is 7.00. The van der Waals surface area contributed by atoms with Crippen LogP contribution in [0.25, 0.3) is 127 Å². The van der Waals surface area contributed by atoms with E-state index in [1.165, 1.54) is 143 Å². The molecule has 0 N–H and O–H groups in total. The molecule has 0 radical (unpaired) electrons. The molecule has 2 aliphatic rings. The van der Waals surface area contributed by atoms with Gasteiger partial charge >= 0.3 is 0 Å². The second-order valence-electron chi connectivity index (χ2n) is 45.2. The molecule has 0 amide bonds. The predicted molar refractivity (Wildman–Crippen MR) is 555 cm³/mol. The van der Waals surface area contributed by atoms with Crippen LogP contribution in [-0.2, 0) is 43.3 Å². The summed E-state index contributed by atoms with van der Waals surface area (Å²) in [6.45, 7) is 56.5. The van der Waals surface area contributed by atoms with Crippen molar-refractivity contribution < 1.29 is 0 Å². The number of fused-ring (bicyclic) bond motifs is 14. The van der Waals surface area contributed by atoms with Gasteiger partial charge in [-0.15, -0.1) is 0 Å². The van der Waals surface area contributed by atoms with Gasteiger partial charge in [0.05, 0.1) is 44.5 Å². The van der Waals surface area contributed by atoms with Crippen LogP contribution < -0.4 is 26.2 Å². The summed E-state index contributed by atoms with van der Waals surface area (Å²) in [5.41, 5.74) is 39.2. The molecule has 15 aromatic carbocycles. The maximum absolute atomic E-state index is 2.81. The van der Waals surface area contributed by atoms with Crippen LogP contribution in [-0.4, -0.2) is 20.4 Å². The molecule has 638 valence electrons. The van der Waals surface area contributed by atoms with Crippen LogP contribution in [0, 0.1) is 0 Å². The molecule has 6 heteroatoms. The molecule has 5 heterocycles. The van der Waals surface area contributed by atoms with Crippen molar-refractivity contribution in [2.75, 3.05) is 9.80 Å². The number of hydrogen-bond acceptors (Lipinski definition) is 2. The van der Waals surface area contributed by atoms with E-state index in [-0.39, 0.29) is 44.6 Å².